The molecule has 1 atom stereocenters. The summed E-state index contributed by atoms with van der Waals surface area (Å²) in [5.74, 6) is 0.626. The van der Waals surface area contributed by atoms with Gasteiger partial charge in [0, 0.05) is 0 Å². The molecule has 0 heterocycles. The summed E-state index contributed by atoms with van der Waals surface area (Å²) in [4.78, 5) is 0. The highest BCUT2D eigenvalue weighted by molar-refractivity contribution is 5.46. The Kier molecular flexibility index (Phi) is 1.93. The highest BCUT2D eigenvalue weighted by Gasteiger charge is 2.46. The van der Waals surface area contributed by atoms with E-state index in [1.165, 1.54) is 31.2 Å². The minimum absolute atomic E-state index is 0.533. The fourth-order valence-electron chi connectivity index (χ4n) is 3.46. The summed E-state index contributed by atoms with van der Waals surface area (Å²) in [6.45, 7) is 3.01. The largest absolute Gasteiger partial charge is 0.330 e. The number of hydrogen-bond acceptors (Lipinski definition) is 1. The molecule has 0 amide bonds. The Morgan fingerprint density at radius 1 is 1.40 bits per heavy atom. The molecule has 0 bridgehead atoms. The molecule has 0 radical (unpaired) electrons. The SMILES string of the molecule is Cc1ccc2c(c1)C1(CCC1)CC2CN. The summed E-state index contributed by atoms with van der Waals surface area (Å²) in [7, 11) is 0. The second kappa shape index (κ2) is 3.08. The molecular weight excluding hydrogens is 182 g/mol. The molecule has 1 aromatic carbocycles. The molecule has 0 aliphatic heterocycles. The van der Waals surface area contributed by atoms with Crippen molar-refractivity contribution in [2.45, 2.75) is 43.9 Å². The van der Waals surface area contributed by atoms with Crippen molar-refractivity contribution in [3.05, 3.63) is 34.9 Å². The van der Waals surface area contributed by atoms with E-state index in [9.17, 15) is 0 Å². The number of benzene rings is 1. The van der Waals surface area contributed by atoms with Crippen LogP contribution in [0.2, 0.25) is 0 Å². The van der Waals surface area contributed by atoms with Gasteiger partial charge in [-0.15, -0.1) is 0 Å². The van der Waals surface area contributed by atoms with E-state index in [1.54, 1.807) is 11.1 Å². The molecule has 1 aromatic rings. The van der Waals surface area contributed by atoms with Crippen LogP contribution >= 0.6 is 0 Å². The van der Waals surface area contributed by atoms with Crippen molar-refractivity contribution in [3.8, 4) is 0 Å². The van der Waals surface area contributed by atoms with Crippen LogP contribution in [0.1, 0.15) is 48.3 Å². The Morgan fingerprint density at radius 3 is 2.80 bits per heavy atom. The summed E-state index contributed by atoms with van der Waals surface area (Å²) >= 11 is 0. The lowest BCUT2D eigenvalue weighted by atomic mass is 9.65. The maximum absolute atomic E-state index is 5.89. The normalized spacial score (nSPS) is 26.4. The van der Waals surface area contributed by atoms with Crippen LogP contribution in [0.3, 0.4) is 0 Å². The van der Waals surface area contributed by atoms with Gasteiger partial charge in [0.25, 0.3) is 0 Å². The van der Waals surface area contributed by atoms with Gasteiger partial charge in [0.05, 0.1) is 0 Å². The van der Waals surface area contributed by atoms with Gasteiger partial charge in [0.2, 0.25) is 0 Å². The summed E-state index contributed by atoms with van der Waals surface area (Å²) in [6, 6.07) is 6.96. The summed E-state index contributed by atoms with van der Waals surface area (Å²) in [5.41, 5.74) is 11.0. The first-order valence-electron chi connectivity index (χ1n) is 6.06. The van der Waals surface area contributed by atoms with Crippen molar-refractivity contribution in [1.29, 1.82) is 0 Å². The summed E-state index contributed by atoms with van der Waals surface area (Å²) in [5, 5.41) is 0. The van der Waals surface area contributed by atoms with Gasteiger partial charge in [-0.05, 0) is 55.2 Å². The van der Waals surface area contributed by atoms with Crippen molar-refractivity contribution < 1.29 is 0 Å². The maximum Gasteiger partial charge on any atom is -0.000781 e. The van der Waals surface area contributed by atoms with Gasteiger partial charge in [0.1, 0.15) is 0 Å². The third-order valence-corrected chi connectivity index (χ3v) is 4.45. The number of fused-ring (bicyclic) bond motifs is 2. The molecule has 1 unspecified atom stereocenters. The lowest BCUT2D eigenvalue weighted by molar-refractivity contribution is 0.233. The zero-order chi connectivity index (χ0) is 10.5. The van der Waals surface area contributed by atoms with E-state index in [-0.39, 0.29) is 0 Å². The van der Waals surface area contributed by atoms with E-state index in [4.69, 9.17) is 5.73 Å². The standard InChI is InChI=1S/C14H19N/c1-10-3-4-12-11(9-15)8-14(5-2-6-14)13(12)7-10/h3-4,7,11H,2,5-6,8-9,15H2,1H3. The van der Waals surface area contributed by atoms with Crippen LogP contribution in [0, 0.1) is 6.92 Å². The van der Waals surface area contributed by atoms with E-state index >= 15 is 0 Å². The maximum atomic E-state index is 5.89. The zero-order valence-electron chi connectivity index (χ0n) is 9.42. The predicted molar refractivity (Wildman–Crippen MR) is 63.1 cm³/mol. The highest BCUT2D eigenvalue weighted by atomic mass is 14.6. The van der Waals surface area contributed by atoms with Crippen molar-refractivity contribution in [1.82, 2.24) is 0 Å². The van der Waals surface area contributed by atoms with E-state index in [0.717, 1.165) is 6.54 Å². The molecule has 1 fully saturated rings. The molecule has 2 aliphatic carbocycles. The van der Waals surface area contributed by atoms with Crippen molar-refractivity contribution in [2.24, 2.45) is 5.73 Å². The van der Waals surface area contributed by atoms with Crippen LogP contribution in [-0.4, -0.2) is 6.54 Å². The Labute approximate surface area is 91.7 Å². The van der Waals surface area contributed by atoms with Gasteiger partial charge < -0.3 is 5.73 Å². The molecule has 1 nitrogen and oxygen atoms in total. The lowest BCUT2D eigenvalue weighted by Gasteiger charge is -2.40. The predicted octanol–water partition coefficient (Wildman–Crippen LogP) is 2.86. The monoisotopic (exact) mass is 201 g/mol. The minimum atomic E-state index is 0.533. The number of nitrogens with two attached hydrogens (primary N) is 1. The number of rotatable bonds is 1. The van der Waals surface area contributed by atoms with Crippen LogP contribution in [0.25, 0.3) is 0 Å². The van der Waals surface area contributed by atoms with E-state index < -0.39 is 0 Å². The highest BCUT2D eigenvalue weighted by Crippen LogP contribution is 2.56. The Bertz CT molecular complexity index is 390. The Hall–Kier alpha value is -0.820. The van der Waals surface area contributed by atoms with E-state index in [2.05, 4.69) is 25.1 Å². The number of hydrogen-bond donors (Lipinski definition) is 1. The van der Waals surface area contributed by atoms with Crippen LogP contribution in [0.5, 0.6) is 0 Å². The average molecular weight is 201 g/mol. The first kappa shape index (κ1) is 9.41. The first-order chi connectivity index (χ1) is 7.25. The van der Waals surface area contributed by atoms with Gasteiger partial charge in [0.15, 0.2) is 0 Å². The Morgan fingerprint density at radius 2 is 2.20 bits per heavy atom. The van der Waals surface area contributed by atoms with Crippen LogP contribution in [0.15, 0.2) is 18.2 Å². The molecule has 2 aliphatic rings. The average Bonchev–Trinajstić information content (AvgIpc) is 2.51. The molecule has 0 aromatic heterocycles. The second-order valence-corrected chi connectivity index (χ2v) is 5.36. The first-order valence-corrected chi connectivity index (χ1v) is 6.06. The molecule has 1 saturated carbocycles. The number of aryl methyl sites for hydroxylation is 1. The molecule has 1 spiro atoms. The molecule has 2 N–H and O–H groups in total. The third kappa shape index (κ3) is 1.19. The minimum Gasteiger partial charge on any atom is -0.330 e. The molecule has 0 saturated heterocycles. The van der Waals surface area contributed by atoms with E-state index in [1.807, 2.05) is 0 Å². The summed E-state index contributed by atoms with van der Waals surface area (Å²) < 4.78 is 0. The van der Waals surface area contributed by atoms with Crippen LogP contribution in [-0.2, 0) is 5.41 Å². The molecule has 80 valence electrons. The lowest BCUT2D eigenvalue weighted by Crippen LogP contribution is -2.32. The molecule has 1 heteroatoms. The van der Waals surface area contributed by atoms with Crippen LogP contribution < -0.4 is 5.73 Å². The fourth-order valence-corrected chi connectivity index (χ4v) is 3.46. The molecule has 15 heavy (non-hydrogen) atoms. The Balaban J connectivity index is 2.11. The smallest absolute Gasteiger partial charge is 0.000781 e. The quantitative estimate of drug-likeness (QED) is 0.743. The van der Waals surface area contributed by atoms with Gasteiger partial charge in [-0.1, -0.05) is 30.2 Å². The van der Waals surface area contributed by atoms with Gasteiger partial charge in [-0.3, -0.25) is 0 Å². The zero-order valence-corrected chi connectivity index (χ0v) is 9.42. The van der Waals surface area contributed by atoms with Crippen molar-refractivity contribution >= 4 is 0 Å². The van der Waals surface area contributed by atoms with Crippen molar-refractivity contribution in [3.63, 3.8) is 0 Å². The molecular formula is C14H19N. The van der Waals surface area contributed by atoms with E-state index in [0.29, 0.717) is 11.3 Å². The van der Waals surface area contributed by atoms with Gasteiger partial charge in [-0.2, -0.15) is 0 Å². The second-order valence-electron chi connectivity index (χ2n) is 5.36. The van der Waals surface area contributed by atoms with Crippen LogP contribution in [0.4, 0.5) is 0 Å². The van der Waals surface area contributed by atoms with Gasteiger partial charge in [-0.25, -0.2) is 0 Å². The van der Waals surface area contributed by atoms with Gasteiger partial charge >= 0.3 is 0 Å². The molecule has 3 rings (SSSR count). The fraction of sp³-hybridized carbons (Fsp3) is 0.571. The summed E-state index contributed by atoms with van der Waals surface area (Å²) in [6.07, 6.45) is 5.49. The third-order valence-electron chi connectivity index (χ3n) is 4.45. The van der Waals surface area contributed by atoms with Crippen molar-refractivity contribution in [2.75, 3.05) is 6.54 Å². The topological polar surface area (TPSA) is 26.0 Å².